The molecule has 5 aliphatic rings. The Morgan fingerprint density at radius 2 is 1.53 bits per heavy atom. The van der Waals surface area contributed by atoms with Gasteiger partial charge in [0.25, 0.3) is 0 Å². The van der Waals surface area contributed by atoms with E-state index in [2.05, 4.69) is 68.5 Å². The lowest BCUT2D eigenvalue weighted by atomic mass is 9.80. The normalized spacial score (nSPS) is 23.7. The van der Waals surface area contributed by atoms with Crippen LogP contribution >= 0.6 is 0 Å². The number of imide groups is 1. The Balaban J connectivity index is 0.654. The summed E-state index contributed by atoms with van der Waals surface area (Å²) in [5.41, 5.74) is 3.80. The Hall–Kier alpha value is -5.62. The van der Waals surface area contributed by atoms with Crippen molar-refractivity contribution in [1.82, 2.24) is 45.5 Å². The number of ether oxygens (including phenoxy) is 1. The molecule has 3 aromatic rings. The number of esters is 1. The van der Waals surface area contributed by atoms with E-state index in [0.29, 0.717) is 66.8 Å². The third kappa shape index (κ3) is 13.6. The highest BCUT2D eigenvalue weighted by Crippen LogP contribution is 2.33. The second-order valence-corrected chi connectivity index (χ2v) is 20.3. The number of likely N-dealkylation sites (tertiary alicyclic amines) is 1. The van der Waals surface area contributed by atoms with Gasteiger partial charge in [0.2, 0.25) is 29.6 Å². The first kappa shape index (κ1) is 50.8. The van der Waals surface area contributed by atoms with E-state index >= 15 is 0 Å². The second-order valence-electron chi connectivity index (χ2n) is 20.3. The molecule has 2 aliphatic carbocycles. The average Bonchev–Trinajstić information content (AvgIpc) is 3.78. The van der Waals surface area contributed by atoms with Crippen LogP contribution in [0.4, 0.5) is 23.1 Å². The highest BCUT2D eigenvalue weighted by atomic mass is 16.5. The molecule has 0 radical (unpaired) electrons. The fourth-order valence-corrected chi connectivity index (χ4v) is 11.3. The van der Waals surface area contributed by atoms with Crippen molar-refractivity contribution in [3.8, 4) is 0 Å². The van der Waals surface area contributed by atoms with E-state index in [-0.39, 0.29) is 48.1 Å². The lowest BCUT2D eigenvalue weighted by molar-refractivity contribution is -0.139. The Morgan fingerprint density at radius 3 is 2.21 bits per heavy atom. The van der Waals surface area contributed by atoms with Crippen LogP contribution in [-0.4, -0.2) is 137 Å². The fourth-order valence-electron chi connectivity index (χ4n) is 11.3. The summed E-state index contributed by atoms with van der Waals surface area (Å²) in [5, 5.41) is 20.2. The molecule has 3 saturated heterocycles. The Labute approximate surface area is 413 Å². The van der Waals surface area contributed by atoms with Crippen LogP contribution in [0.5, 0.6) is 0 Å². The number of nitrogens with one attached hydrogen (secondary N) is 5. The number of aryl methyl sites for hydroxylation is 2. The van der Waals surface area contributed by atoms with Gasteiger partial charge in [-0.25, -0.2) is 9.78 Å². The van der Waals surface area contributed by atoms with Gasteiger partial charge in [-0.15, -0.1) is 0 Å². The van der Waals surface area contributed by atoms with Gasteiger partial charge in [-0.05, 0) is 121 Å². The molecule has 8 rings (SSSR count). The highest BCUT2D eigenvalue weighted by Gasteiger charge is 2.34. The monoisotopic (exact) mass is 965 g/mol. The predicted molar refractivity (Wildman–Crippen MR) is 269 cm³/mol. The standard InChI is InChI=1S/C52H76N12O6/c1-4-70-51(69)46-35(2)56-52(58-42-33-55-61(3)34-42)60-47(46)57-41-16-14-40(15-17-41)53-24-25-54-48(66)38-8-10-39(11-9-38)50(68)64-27-22-36(23-28-64)7-5-6-26-62-29-31-63(32-30-62)43-18-12-37(13-19-43)44-20-21-45(65)59-49(44)67/h12-13,18-19,33-34,36,38-41,44,53H,4-11,14-17,20-32H2,1-3H3,(H,54,66)(H,59,65,67)(H2,56,57,58,60)/t38?,39?,40?,41?,44-/m1/s1. The number of anilines is 4. The number of hydrogen-bond donors (Lipinski definition) is 5. The number of hydrogen-bond acceptors (Lipinski definition) is 14. The van der Waals surface area contributed by atoms with Crippen molar-refractivity contribution in [2.75, 3.05) is 81.0 Å². The first-order chi connectivity index (χ1) is 34.0. The second kappa shape index (κ2) is 24.5. The summed E-state index contributed by atoms with van der Waals surface area (Å²) in [4.78, 5) is 79.8. The highest BCUT2D eigenvalue weighted by molar-refractivity contribution is 6.01. The van der Waals surface area contributed by atoms with Gasteiger partial charge in [-0.2, -0.15) is 10.1 Å². The van der Waals surface area contributed by atoms with Gasteiger partial charge in [0, 0.05) is 102 Å². The minimum absolute atomic E-state index is 0.0314. The van der Waals surface area contributed by atoms with Crippen molar-refractivity contribution in [2.45, 2.75) is 128 Å². The maximum atomic E-state index is 13.6. The van der Waals surface area contributed by atoms with Crippen LogP contribution in [0, 0.1) is 24.7 Å². The SMILES string of the molecule is CCOC(=O)c1c(C)nc(Nc2cnn(C)c2)nc1NC1CCC(NCCNC(=O)C2CCC(C(=O)N3CCC(CCCCN4CCN(c5ccc([C@H]6CCC(=O)NC6=O)cc5)CC4)CC3)CC2)CC1. The Bertz CT molecular complexity index is 2240. The van der Waals surface area contributed by atoms with Crippen LogP contribution < -0.4 is 31.5 Å². The number of amides is 4. The number of nitrogens with zero attached hydrogens (tertiary/aromatic N) is 7. The molecule has 0 unspecified atom stereocenters. The molecular weight excluding hydrogens is 889 g/mol. The van der Waals surface area contributed by atoms with Crippen LogP contribution in [0.3, 0.4) is 0 Å². The van der Waals surface area contributed by atoms with E-state index in [9.17, 15) is 24.0 Å². The number of rotatable bonds is 19. The molecule has 2 saturated carbocycles. The van der Waals surface area contributed by atoms with Crippen LogP contribution in [0.15, 0.2) is 36.7 Å². The van der Waals surface area contributed by atoms with Gasteiger partial charge in [0.15, 0.2) is 0 Å². The van der Waals surface area contributed by atoms with E-state index in [1.165, 1.54) is 24.9 Å². The van der Waals surface area contributed by atoms with Crippen LogP contribution in [0.1, 0.15) is 131 Å². The molecule has 5 N–H and O–H groups in total. The van der Waals surface area contributed by atoms with Gasteiger partial charge in [0.05, 0.1) is 30.1 Å². The molecule has 1 atom stereocenters. The Morgan fingerprint density at radius 1 is 0.814 bits per heavy atom. The van der Waals surface area contributed by atoms with Gasteiger partial charge in [0.1, 0.15) is 11.4 Å². The van der Waals surface area contributed by atoms with Crippen molar-refractivity contribution in [3.05, 3.63) is 53.5 Å². The summed E-state index contributed by atoms with van der Waals surface area (Å²) in [7, 11) is 1.84. The Kier molecular flexibility index (Phi) is 17.7. The summed E-state index contributed by atoms with van der Waals surface area (Å²) in [6.45, 7) is 12.0. The average molecular weight is 965 g/mol. The molecule has 5 fully saturated rings. The van der Waals surface area contributed by atoms with Crippen LogP contribution in [-0.2, 0) is 31.0 Å². The molecule has 18 nitrogen and oxygen atoms in total. The van der Waals surface area contributed by atoms with Crippen LogP contribution in [0.25, 0.3) is 0 Å². The van der Waals surface area contributed by atoms with E-state index in [1.54, 1.807) is 24.7 Å². The first-order valence-corrected chi connectivity index (χ1v) is 26.3. The van der Waals surface area contributed by atoms with Crippen molar-refractivity contribution < 1.29 is 28.7 Å². The number of carbonyl (C=O) groups excluding carboxylic acids is 5. The summed E-state index contributed by atoms with van der Waals surface area (Å²) in [6.07, 6.45) is 17.1. The van der Waals surface area contributed by atoms with Gasteiger partial charge in [-0.1, -0.05) is 25.0 Å². The zero-order valence-electron chi connectivity index (χ0n) is 41.7. The number of aromatic nitrogens is 4. The number of carbonyl (C=O) groups is 5. The van der Waals surface area contributed by atoms with Gasteiger partial charge >= 0.3 is 5.97 Å². The fraction of sp³-hybridized carbons (Fsp3) is 0.654. The smallest absolute Gasteiger partial charge is 0.343 e. The topological polar surface area (TPSA) is 208 Å². The summed E-state index contributed by atoms with van der Waals surface area (Å²) < 4.78 is 7.04. The molecule has 4 amide bonds. The van der Waals surface area contributed by atoms with E-state index in [0.717, 1.165) is 121 Å². The number of unbranched alkanes of at least 4 members (excludes halogenated alkanes) is 1. The zero-order chi connectivity index (χ0) is 49.0. The molecule has 0 bridgehead atoms. The number of piperidine rings is 2. The van der Waals surface area contributed by atoms with Crippen molar-refractivity contribution in [1.29, 1.82) is 0 Å². The van der Waals surface area contributed by atoms with Crippen molar-refractivity contribution >= 4 is 52.7 Å². The molecule has 70 heavy (non-hydrogen) atoms. The largest absolute Gasteiger partial charge is 0.462 e. The first-order valence-electron chi connectivity index (χ1n) is 26.3. The minimum atomic E-state index is -0.445. The third-order valence-corrected chi connectivity index (χ3v) is 15.4. The molecule has 18 heteroatoms. The minimum Gasteiger partial charge on any atom is -0.462 e. The number of benzene rings is 1. The molecule has 0 spiro atoms. The maximum absolute atomic E-state index is 13.6. The third-order valence-electron chi connectivity index (χ3n) is 15.4. The van der Waals surface area contributed by atoms with Gasteiger partial charge in [-0.3, -0.25) is 34.1 Å². The van der Waals surface area contributed by atoms with Crippen molar-refractivity contribution in [2.24, 2.45) is 24.8 Å². The predicted octanol–water partition coefficient (Wildman–Crippen LogP) is 5.43. The lowest BCUT2D eigenvalue weighted by Crippen LogP contribution is -2.46. The zero-order valence-corrected chi connectivity index (χ0v) is 41.7. The molecule has 2 aromatic heterocycles. The van der Waals surface area contributed by atoms with E-state index < -0.39 is 5.97 Å². The maximum Gasteiger partial charge on any atom is 0.343 e. The molecule has 5 heterocycles. The number of piperazine rings is 1. The lowest BCUT2D eigenvalue weighted by Gasteiger charge is -2.37. The van der Waals surface area contributed by atoms with Gasteiger partial charge < -0.3 is 35.8 Å². The summed E-state index contributed by atoms with van der Waals surface area (Å²) >= 11 is 0. The summed E-state index contributed by atoms with van der Waals surface area (Å²) in [5.74, 6) is 0.878. The molecular formula is C52H76N12O6. The molecule has 1 aromatic carbocycles. The molecule has 380 valence electrons. The summed E-state index contributed by atoms with van der Waals surface area (Å²) in [6, 6.07) is 8.79. The van der Waals surface area contributed by atoms with E-state index in [4.69, 9.17) is 4.74 Å². The molecule has 3 aliphatic heterocycles. The van der Waals surface area contributed by atoms with E-state index in [1.807, 2.05) is 25.4 Å². The quantitative estimate of drug-likeness (QED) is 0.0578. The van der Waals surface area contributed by atoms with Crippen LogP contribution in [0.2, 0.25) is 0 Å². The van der Waals surface area contributed by atoms with Crippen molar-refractivity contribution in [3.63, 3.8) is 0 Å².